The van der Waals surface area contributed by atoms with Gasteiger partial charge in [0.15, 0.2) is 5.16 Å². The van der Waals surface area contributed by atoms with Crippen molar-refractivity contribution in [2.45, 2.75) is 45.7 Å². The van der Waals surface area contributed by atoms with Crippen LogP contribution in [0.2, 0.25) is 0 Å². The average molecular weight is 396 g/mol. The summed E-state index contributed by atoms with van der Waals surface area (Å²) in [6.45, 7) is 7.82. The molecule has 0 aliphatic heterocycles. The van der Waals surface area contributed by atoms with Crippen molar-refractivity contribution in [3.05, 3.63) is 58.7 Å². The van der Waals surface area contributed by atoms with E-state index in [-0.39, 0.29) is 5.91 Å². The van der Waals surface area contributed by atoms with E-state index >= 15 is 0 Å². The van der Waals surface area contributed by atoms with Gasteiger partial charge in [-0.1, -0.05) is 30.0 Å². The summed E-state index contributed by atoms with van der Waals surface area (Å²) in [5.41, 5.74) is 6.38. The van der Waals surface area contributed by atoms with Crippen LogP contribution in [0, 0.1) is 27.7 Å². The summed E-state index contributed by atoms with van der Waals surface area (Å²) in [5.74, 6) is -0.0356. The zero-order chi connectivity index (χ0) is 20.3. The number of aromatic nitrogens is 4. The predicted octanol–water partition coefficient (Wildman–Crippen LogP) is 4.19. The van der Waals surface area contributed by atoms with E-state index in [1.54, 1.807) is 0 Å². The van der Waals surface area contributed by atoms with E-state index < -0.39 is 0 Å². The maximum atomic E-state index is 12.6. The number of hydrogen-bond donors (Lipinski definition) is 1. The highest BCUT2D eigenvalue weighted by Gasteiger charge is 2.16. The Morgan fingerprint density at radius 1 is 1.04 bits per heavy atom. The van der Waals surface area contributed by atoms with Crippen molar-refractivity contribution in [3.8, 4) is 5.69 Å². The molecule has 2 aromatic heterocycles. The summed E-state index contributed by atoms with van der Waals surface area (Å²) in [7, 11) is 0. The molecule has 3 aromatic rings. The summed E-state index contributed by atoms with van der Waals surface area (Å²) in [5, 5.41) is 8.38. The highest BCUT2D eigenvalue weighted by molar-refractivity contribution is 7.98. The van der Waals surface area contributed by atoms with Crippen LogP contribution >= 0.6 is 11.8 Å². The van der Waals surface area contributed by atoms with Gasteiger partial charge in [0, 0.05) is 17.8 Å². The Morgan fingerprint density at radius 3 is 2.29 bits per heavy atom. The second kappa shape index (κ2) is 8.56. The van der Waals surface area contributed by atoms with Crippen LogP contribution in [0.15, 0.2) is 35.5 Å². The largest absolute Gasteiger partial charge is 0.323 e. The molecule has 1 amide bonds. The topological polar surface area (TPSA) is 72.7 Å². The Labute approximate surface area is 169 Å². The Morgan fingerprint density at radius 2 is 1.68 bits per heavy atom. The van der Waals surface area contributed by atoms with Gasteiger partial charge in [0.05, 0.1) is 22.8 Å². The molecule has 6 nitrogen and oxygen atoms in total. The molecular weight excluding hydrogens is 370 g/mol. The van der Waals surface area contributed by atoms with Gasteiger partial charge < -0.3 is 5.32 Å². The second-order valence-electron chi connectivity index (χ2n) is 6.70. The van der Waals surface area contributed by atoms with Gasteiger partial charge in [0.2, 0.25) is 5.91 Å². The summed E-state index contributed by atoms with van der Waals surface area (Å²) < 4.78 is 1.86. The summed E-state index contributed by atoms with van der Waals surface area (Å²) in [4.78, 5) is 21.6. The molecule has 1 aromatic carbocycles. The van der Waals surface area contributed by atoms with Crippen LogP contribution in [0.5, 0.6) is 0 Å². The fourth-order valence-electron chi connectivity index (χ4n) is 3.25. The van der Waals surface area contributed by atoms with Crippen LogP contribution in [-0.4, -0.2) is 31.9 Å². The molecule has 7 heteroatoms. The molecule has 0 bridgehead atoms. The number of aryl methyl sites for hydroxylation is 3. The van der Waals surface area contributed by atoms with Crippen LogP contribution in [0.3, 0.4) is 0 Å². The van der Waals surface area contributed by atoms with Crippen LogP contribution in [0.4, 0.5) is 5.69 Å². The third-order valence-corrected chi connectivity index (χ3v) is 5.29. The lowest BCUT2D eigenvalue weighted by molar-refractivity contribution is -0.116. The standard InChI is InChI=1S/C21H25N5OS/c1-13-18(14(2)23-21(22-13)28-5)11-12-19(27)24-20-15(3)25-26(16(20)4)17-9-7-6-8-10-17/h6-10H,11-12H2,1-5H3,(H,24,27). The highest BCUT2D eigenvalue weighted by Crippen LogP contribution is 2.23. The van der Waals surface area contributed by atoms with Gasteiger partial charge in [-0.25, -0.2) is 14.6 Å². The van der Waals surface area contributed by atoms with E-state index in [9.17, 15) is 4.79 Å². The summed E-state index contributed by atoms with van der Waals surface area (Å²) in [6, 6.07) is 9.90. The van der Waals surface area contributed by atoms with Gasteiger partial charge in [-0.2, -0.15) is 5.10 Å². The molecule has 0 aliphatic rings. The smallest absolute Gasteiger partial charge is 0.224 e. The van der Waals surface area contributed by atoms with Crippen molar-refractivity contribution in [2.75, 3.05) is 11.6 Å². The molecule has 146 valence electrons. The lowest BCUT2D eigenvalue weighted by atomic mass is 10.1. The van der Waals surface area contributed by atoms with Crippen molar-refractivity contribution in [3.63, 3.8) is 0 Å². The van der Waals surface area contributed by atoms with Crippen LogP contribution < -0.4 is 5.32 Å². The number of thioether (sulfide) groups is 1. The number of para-hydroxylation sites is 1. The van der Waals surface area contributed by atoms with Gasteiger partial charge in [0.25, 0.3) is 0 Å². The fraction of sp³-hybridized carbons (Fsp3) is 0.333. The first-order valence-electron chi connectivity index (χ1n) is 9.20. The van der Waals surface area contributed by atoms with E-state index in [1.165, 1.54) is 11.8 Å². The van der Waals surface area contributed by atoms with E-state index in [4.69, 9.17) is 0 Å². The van der Waals surface area contributed by atoms with Gasteiger partial charge in [-0.15, -0.1) is 0 Å². The number of rotatable bonds is 6. The molecule has 28 heavy (non-hydrogen) atoms. The number of hydrogen-bond acceptors (Lipinski definition) is 5. The van der Waals surface area contributed by atoms with Gasteiger partial charge >= 0.3 is 0 Å². The predicted molar refractivity (Wildman–Crippen MR) is 113 cm³/mol. The van der Waals surface area contributed by atoms with Gasteiger partial charge in [0.1, 0.15) is 0 Å². The number of nitrogens with one attached hydrogen (secondary N) is 1. The van der Waals surface area contributed by atoms with Crippen LogP contribution in [-0.2, 0) is 11.2 Å². The SMILES string of the molecule is CSc1nc(C)c(CCC(=O)Nc2c(C)nn(-c3ccccc3)c2C)c(C)n1. The monoisotopic (exact) mass is 395 g/mol. The Kier molecular flexibility index (Phi) is 6.14. The molecular formula is C21H25N5OS. The second-order valence-corrected chi connectivity index (χ2v) is 7.47. The maximum Gasteiger partial charge on any atom is 0.224 e. The third kappa shape index (κ3) is 4.25. The molecule has 0 aliphatic carbocycles. The minimum atomic E-state index is -0.0356. The van der Waals surface area contributed by atoms with Gasteiger partial charge in [-0.3, -0.25) is 4.79 Å². The van der Waals surface area contributed by atoms with Crippen molar-refractivity contribution in [1.29, 1.82) is 0 Å². The maximum absolute atomic E-state index is 12.6. The number of nitrogens with zero attached hydrogens (tertiary/aromatic N) is 4. The van der Waals surface area contributed by atoms with E-state index in [2.05, 4.69) is 20.4 Å². The molecule has 0 atom stereocenters. The zero-order valence-electron chi connectivity index (χ0n) is 16.9. The number of amides is 1. The van der Waals surface area contributed by atoms with Gasteiger partial charge in [-0.05, 0) is 58.1 Å². The molecule has 3 rings (SSSR count). The molecule has 0 spiro atoms. The molecule has 1 N–H and O–H groups in total. The normalized spacial score (nSPS) is 10.9. The molecule has 2 heterocycles. The quantitative estimate of drug-likeness (QED) is 0.500. The number of carbonyl (C=O) groups excluding carboxylic acids is 1. The Hall–Kier alpha value is -2.67. The molecule has 0 unspecified atom stereocenters. The van der Waals surface area contributed by atoms with Crippen molar-refractivity contribution >= 4 is 23.4 Å². The Balaban J connectivity index is 1.72. The number of carbonyl (C=O) groups is 1. The highest BCUT2D eigenvalue weighted by atomic mass is 32.2. The Bertz CT molecular complexity index is 975. The van der Waals surface area contributed by atoms with E-state index in [0.717, 1.165) is 44.9 Å². The van der Waals surface area contributed by atoms with E-state index in [0.29, 0.717) is 12.8 Å². The van der Waals surface area contributed by atoms with Crippen LogP contribution in [0.1, 0.15) is 34.8 Å². The first-order chi connectivity index (χ1) is 13.4. The van der Waals surface area contributed by atoms with Crippen molar-refractivity contribution in [2.24, 2.45) is 0 Å². The molecule has 0 fully saturated rings. The van der Waals surface area contributed by atoms with Crippen molar-refractivity contribution in [1.82, 2.24) is 19.7 Å². The van der Waals surface area contributed by atoms with Crippen LogP contribution in [0.25, 0.3) is 5.69 Å². The zero-order valence-corrected chi connectivity index (χ0v) is 17.7. The van der Waals surface area contributed by atoms with E-state index in [1.807, 2.05) is 69.0 Å². The minimum absolute atomic E-state index is 0.0356. The first-order valence-corrected chi connectivity index (χ1v) is 10.4. The average Bonchev–Trinajstić information content (AvgIpc) is 2.96. The number of benzene rings is 1. The first kappa shape index (κ1) is 20.1. The lowest BCUT2D eigenvalue weighted by Gasteiger charge is -2.10. The third-order valence-electron chi connectivity index (χ3n) is 4.74. The fourth-order valence-corrected chi connectivity index (χ4v) is 3.70. The molecule has 0 saturated carbocycles. The number of anilines is 1. The lowest BCUT2D eigenvalue weighted by Crippen LogP contribution is -2.15. The summed E-state index contributed by atoms with van der Waals surface area (Å²) >= 11 is 1.52. The molecule has 0 saturated heterocycles. The molecule has 0 radical (unpaired) electrons. The van der Waals surface area contributed by atoms with Crippen molar-refractivity contribution < 1.29 is 4.79 Å². The minimum Gasteiger partial charge on any atom is -0.323 e. The summed E-state index contributed by atoms with van der Waals surface area (Å²) in [6.07, 6.45) is 2.95.